The summed E-state index contributed by atoms with van der Waals surface area (Å²) in [6.07, 6.45) is 1.82. The van der Waals surface area contributed by atoms with Crippen molar-refractivity contribution >= 4 is 5.69 Å². The molecule has 0 radical (unpaired) electrons. The third-order valence-electron chi connectivity index (χ3n) is 3.32. The third kappa shape index (κ3) is 2.11. The first-order chi connectivity index (χ1) is 8.84. The van der Waals surface area contributed by atoms with Gasteiger partial charge in [-0.05, 0) is 6.92 Å². The number of benzene rings is 1. The zero-order valence-corrected chi connectivity index (χ0v) is 10.5. The van der Waals surface area contributed by atoms with Crippen molar-refractivity contribution in [2.75, 3.05) is 31.1 Å². The van der Waals surface area contributed by atoms with E-state index in [-0.39, 0.29) is 0 Å². The molecule has 0 saturated carbocycles. The minimum absolute atomic E-state index is 0.872. The molecule has 0 spiro atoms. The van der Waals surface area contributed by atoms with E-state index in [1.165, 1.54) is 5.56 Å². The van der Waals surface area contributed by atoms with Crippen molar-refractivity contribution in [2.45, 2.75) is 6.92 Å². The van der Waals surface area contributed by atoms with Crippen LogP contribution >= 0.6 is 0 Å². The molecule has 4 nitrogen and oxygen atoms in total. The van der Waals surface area contributed by atoms with E-state index in [0.29, 0.717) is 0 Å². The Kier molecular flexibility index (Phi) is 3.02. The van der Waals surface area contributed by atoms with Crippen LogP contribution in [0.5, 0.6) is 0 Å². The summed E-state index contributed by atoms with van der Waals surface area (Å²) in [4.78, 5) is 2.32. The molecule has 1 aliphatic rings. The predicted octanol–water partition coefficient (Wildman–Crippen LogP) is 2.06. The molecule has 1 saturated heterocycles. The minimum atomic E-state index is 0.872. The summed E-state index contributed by atoms with van der Waals surface area (Å²) in [5.41, 5.74) is 3.44. The zero-order chi connectivity index (χ0) is 12.4. The normalized spacial score (nSPS) is 15.9. The number of aromatic nitrogens is 1. The Morgan fingerprint density at radius 3 is 2.61 bits per heavy atom. The van der Waals surface area contributed by atoms with Crippen LogP contribution in [0.25, 0.3) is 11.3 Å². The number of nitrogens with one attached hydrogen (secondary N) is 1. The summed E-state index contributed by atoms with van der Waals surface area (Å²) in [6.45, 7) is 6.11. The number of anilines is 1. The second kappa shape index (κ2) is 4.82. The van der Waals surface area contributed by atoms with E-state index in [1.54, 1.807) is 0 Å². The highest BCUT2D eigenvalue weighted by Gasteiger charge is 2.18. The highest BCUT2D eigenvalue weighted by atomic mass is 16.5. The molecule has 2 aromatic rings. The molecule has 0 aliphatic carbocycles. The molecule has 1 aliphatic heterocycles. The molecule has 1 N–H and O–H groups in total. The molecule has 4 heteroatoms. The van der Waals surface area contributed by atoms with Crippen LogP contribution in [0.1, 0.15) is 5.56 Å². The first-order valence-electron chi connectivity index (χ1n) is 6.32. The van der Waals surface area contributed by atoms with Gasteiger partial charge >= 0.3 is 0 Å². The van der Waals surface area contributed by atoms with E-state index in [4.69, 9.17) is 4.52 Å². The first-order valence-corrected chi connectivity index (χ1v) is 6.32. The smallest absolute Gasteiger partial charge is 0.190 e. The van der Waals surface area contributed by atoms with Crippen molar-refractivity contribution in [3.63, 3.8) is 0 Å². The summed E-state index contributed by atoms with van der Waals surface area (Å²) in [5, 5.41) is 7.31. The SMILES string of the molecule is Cc1ccc(-c2oncc2N2CCNCC2)cc1. The van der Waals surface area contributed by atoms with Gasteiger partial charge in [0.05, 0.1) is 6.20 Å². The summed E-state index contributed by atoms with van der Waals surface area (Å²) < 4.78 is 5.43. The quantitative estimate of drug-likeness (QED) is 0.876. The fraction of sp³-hybridized carbons (Fsp3) is 0.357. The standard InChI is InChI=1S/C14H17N3O/c1-11-2-4-12(5-3-11)14-13(10-16-18-14)17-8-6-15-7-9-17/h2-5,10,15H,6-9H2,1H3. The summed E-state index contributed by atoms with van der Waals surface area (Å²) in [7, 11) is 0. The second-order valence-electron chi connectivity index (χ2n) is 4.64. The Hall–Kier alpha value is -1.81. The maximum atomic E-state index is 5.43. The van der Waals surface area contributed by atoms with Gasteiger partial charge < -0.3 is 14.7 Å². The number of rotatable bonds is 2. The average Bonchev–Trinajstić information content (AvgIpc) is 2.90. The van der Waals surface area contributed by atoms with Crippen LogP contribution in [0.15, 0.2) is 35.0 Å². The van der Waals surface area contributed by atoms with Crippen LogP contribution in [0, 0.1) is 6.92 Å². The first kappa shape index (κ1) is 11.3. The van der Waals surface area contributed by atoms with Gasteiger partial charge in [0.1, 0.15) is 5.69 Å². The zero-order valence-electron chi connectivity index (χ0n) is 10.5. The van der Waals surface area contributed by atoms with E-state index >= 15 is 0 Å². The maximum Gasteiger partial charge on any atom is 0.190 e. The predicted molar refractivity (Wildman–Crippen MR) is 71.8 cm³/mol. The van der Waals surface area contributed by atoms with Gasteiger partial charge in [0.25, 0.3) is 0 Å². The van der Waals surface area contributed by atoms with E-state index in [2.05, 4.69) is 46.6 Å². The van der Waals surface area contributed by atoms with Crippen molar-refractivity contribution in [1.29, 1.82) is 0 Å². The van der Waals surface area contributed by atoms with Crippen LogP contribution in [0.4, 0.5) is 5.69 Å². The highest BCUT2D eigenvalue weighted by molar-refractivity contribution is 5.73. The number of hydrogen-bond donors (Lipinski definition) is 1. The van der Waals surface area contributed by atoms with Crippen molar-refractivity contribution in [1.82, 2.24) is 10.5 Å². The van der Waals surface area contributed by atoms with Gasteiger partial charge in [-0.1, -0.05) is 35.0 Å². The molecule has 0 bridgehead atoms. The van der Waals surface area contributed by atoms with Gasteiger partial charge in [0, 0.05) is 31.7 Å². The Labute approximate surface area is 107 Å². The van der Waals surface area contributed by atoms with Crippen LogP contribution < -0.4 is 10.2 Å². The van der Waals surface area contributed by atoms with Gasteiger partial charge in [-0.3, -0.25) is 0 Å². The highest BCUT2D eigenvalue weighted by Crippen LogP contribution is 2.30. The largest absolute Gasteiger partial charge is 0.365 e. The van der Waals surface area contributed by atoms with E-state index in [1.807, 2.05) is 6.20 Å². The number of nitrogens with zero attached hydrogens (tertiary/aromatic N) is 2. The molecule has 18 heavy (non-hydrogen) atoms. The fourth-order valence-electron chi connectivity index (χ4n) is 2.27. The van der Waals surface area contributed by atoms with Crippen molar-refractivity contribution in [2.24, 2.45) is 0 Å². The number of aryl methyl sites for hydroxylation is 1. The van der Waals surface area contributed by atoms with Crippen LogP contribution in [0.2, 0.25) is 0 Å². The molecule has 3 rings (SSSR count). The molecule has 2 heterocycles. The lowest BCUT2D eigenvalue weighted by atomic mass is 10.1. The molecule has 1 fully saturated rings. The van der Waals surface area contributed by atoms with E-state index < -0.39 is 0 Å². The lowest BCUT2D eigenvalue weighted by Crippen LogP contribution is -2.43. The van der Waals surface area contributed by atoms with Crippen LogP contribution in [-0.4, -0.2) is 31.3 Å². The van der Waals surface area contributed by atoms with Gasteiger partial charge in [0.15, 0.2) is 5.76 Å². The van der Waals surface area contributed by atoms with Crippen molar-refractivity contribution in [3.05, 3.63) is 36.0 Å². The Morgan fingerprint density at radius 2 is 1.89 bits per heavy atom. The lowest BCUT2D eigenvalue weighted by molar-refractivity contribution is 0.432. The van der Waals surface area contributed by atoms with E-state index in [0.717, 1.165) is 43.2 Å². The van der Waals surface area contributed by atoms with Crippen LogP contribution in [-0.2, 0) is 0 Å². The van der Waals surface area contributed by atoms with Gasteiger partial charge in [0.2, 0.25) is 0 Å². The van der Waals surface area contributed by atoms with Gasteiger partial charge in [-0.15, -0.1) is 0 Å². The molecule has 1 aromatic heterocycles. The summed E-state index contributed by atoms with van der Waals surface area (Å²) in [5.74, 6) is 0.872. The molecule has 0 atom stereocenters. The number of hydrogen-bond acceptors (Lipinski definition) is 4. The van der Waals surface area contributed by atoms with Gasteiger partial charge in [-0.25, -0.2) is 0 Å². The Bertz CT molecular complexity index is 512. The van der Waals surface area contributed by atoms with Crippen molar-refractivity contribution < 1.29 is 4.52 Å². The Balaban J connectivity index is 1.93. The van der Waals surface area contributed by atoms with Gasteiger partial charge in [-0.2, -0.15) is 0 Å². The molecular formula is C14H17N3O. The Morgan fingerprint density at radius 1 is 1.17 bits per heavy atom. The molecule has 0 unspecified atom stereocenters. The summed E-state index contributed by atoms with van der Waals surface area (Å²) in [6, 6.07) is 8.36. The van der Waals surface area contributed by atoms with E-state index in [9.17, 15) is 0 Å². The van der Waals surface area contributed by atoms with Crippen molar-refractivity contribution in [3.8, 4) is 11.3 Å². The van der Waals surface area contributed by atoms with Crippen LogP contribution in [0.3, 0.4) is 0 Å². The minimum Gasteiger partial charge on any atom is -0.365 e. The fourth-order valence-corrected chi connectivity index (χ4v) is 2.27. The summed E-state index contributed by atoms with van der Waals surface area (Å²) >= 11 is 0. The molecular weight excluding hydrogens is 226 g/mol. The molecule has 0 amide bonds. The molecule has 1 aromatic carbocycles. The molecule has 94 valence electrons. The number of piperazine rings is 1. The third-order valence-corrected chi connectivity index (χ3v) is 3.32. The second-order valence-corrected chi connectivity index (χ2v) is 4.64. The average molecular weight is 243 g/mol. The lowest BCUT2D eigenvalue weighted by Gasteiger charge is -2.28. The maximum absolute atomic E-state index is 5.43. The topological polar surface area (TPSA) is 41.3 Å². The monoisotopic (exact) mass is 243 g/mol.